The third kappa shape index (κ3) is 3.36. The maximum Gasteiger partial charge on any atom is 1.00 e. The Kier molecular flexibility index (Phi) is 5.03. The number of rotatable bonds is 3. The molecule has 3 aromatic carbocycles. The normalized spacial score (nSPS) is 11.4. The maximum atomic E-state index is 11.6. The van der Waals surface area contributed by atoms with Crippen molar-refractivity contribution in [3.63, 3.8) is 0 Å². The number of fused-ring (bicyclic) bond motifs is 3. The van der Waals surface area contributed by atoms with Gasteiger partial charge in [0, 0.05) is 0 Å². The molecule has 3 rings (SSSR count). The minimum absolute atomic E-state index is 0. The second-order valence-corrected chi connectivity index (χ2v) is 6.86. The summed E-state index contributed by atoms with van der Waals surface area (Å²) >= 11 is 0. The van der Waals surface area contributed by atoms with Crippen LogP contribution < -0.4 is 18.9 Å². The Morgan fingerprint density at radius 1 is 1.00 bits per heavy atom. The third-order valence-corrected chi connectivity index (χ3v) is 4.66. The Labute approximate surface area is 147 Å². The van der Waals surface area contributed by atoms with E-state index in [0.29, 0.717) is 12.0 Å². The Hall–Kier alpha value is -1.57. The van der Waals surface area contributed by atoms with Crippen LogP contribution in [0.1, 0.15) is 12.5 Å². The van der Waals surface area contributed by atoms with E-state index in [2.05, 4.69) is 6.58 Å². The van der Waals surface area contributed by atoms with E-state index < -0.39 is 10.1 Å². The van der Waals surface area contributed by atoms with Gasteiger partial charge in [-0.2, -0.15) is 0 Å². The molecule has 23 heavy (non-hydrogen) atoms. The topological polar surface area (TPSA) is 57.2 Å². The van der Waals surface area contributed by atoms with Crippen LogP contribution in [0.5, 0.6) is 0 Å². The Morgan fingerprint density at radius 3 is 2.30 bits per heavy atom. The molecule has 0 heterocycles. The first-order valence-corrected chi connectivity index (χ1v) is 8.32. The zero-order chi connectivity index (χ0) is 15.9. The monoisotopic (exact) mass is 318 g/mol. The van der Waals surface area contributed by atoms with Crippen LogP contribution in [0.2, 0.25) is 0 Å². The molecular formula is C18H15LiO3S. The summed E-state index contributed by atoms with van der Waals surface area (Å²) < 4.78 is 34.7. The first kappa shape index (κ1) is 17.8. The van der Waals surface area contributed by atoms with Crippen molar-refractivity contribution in [2.24, 2.45) is 0 Å². The molecular weight excluding hydrogens is 303 g/mol. The average Bonchev–Trinajstić information content (AvgIpc) is 2.45. The van der Waals surface area contributed by atoms with Gasteiger partial charge in [-0.25, -0.2) is 8.42 Å². The van der Waals surface area contributed by atoms with Crippen LogP contribution in [0.15, 0.2) is 65.6 Å². The van der Waals surface area contributed by atoms with E-state index in [4.69, 9.17) is 0 Å². The van der Waals surface area contributed by atoms with Gasteiger partial charge in [-0.3, -0.25) is 0 Å². The van der Waals surface area contributed by atoms with Crippen molar-refractivity contribution in [1.29, 1.82) is 0 Å². The predicted octanol–water partition coefficient (Wildman–Crippen LogP) is 1.02. The fraction of sp³-hybridized carbons (Fsp3) is 0.111. The molecule has 0 radical (unpaired) electrons. The van der Waals surface area contributed by atoms with Gasteiger partial charge in [0.1, 0.15) is 10.1 Å². The molecule has 3 nitrogen and oxygen atoms in total. The van der Waals surface area contributed by atoms with E-state index >= 15 is 0 Å². The Bertz CT molecular complexity index is 1010. The van der Waals surface area contributed by atoms with Crippen LogP contribution in [0.25, 0.3) is 21.5 Å². The van der Waals surface area contributed by atoms with Gasteiger partial charge in [0.2, 0.25) is 0 Å². The van der Waals surface area contributed by atoms with Crippen LogP contribution in [0, 0.1) is 0 Å². The van der Waals surface area contributed by atoms with E-state index in [9.17, 15) is 13.0 Å². The molecule has 0 aliphatic rings. The van der Waals surface area contributed by atoms with Gasteiger partial charge in [0.25, 0.3) is 0 Å². The zero-order valence-corrected chi connectivity index (χ0v) is 14.0. The van der Waals surface area contributed by atoms with Crippen molar-refractivity contribution in [2.45, 2.75) is 18.2 Å². The summed E-state index contributed by atoms with van der Waals surface area (Å²) in [5, 5.41) is 3.85. The molecule has 0 N–H and O–H groups in total. The molecule has 0 amide bonds. The largest absolute Gasteiger partial charge is 1.00 e. The Morgan fingerprint density at radius 2 is 1.65 bits per heavy atom. The van der Waals surface area contributed by atoms with Gasteiger partial charge in [-0.05, 0) is 46.5 Å². The summed E-state index contributed by atoms with van der Waals surface area (Å²) in [4.78, 5) is -0.154. The molecule has 0 aliphatic carbocycles. The SMILES string of the molecule is C=C(C)Cc1c(S(=O)(=O)[O-])ccc2c1ccc1ccccc12.[Li+]. The second kappa shape index (κ2) is 6.50. The standard InChI is InChI=1S/C18H16O3S.Li/c1-12(2)11-17-16-8-7-13-5-3-4-6-14(13)15(16)9-10-18(17)22(19,20)21;/h3-10H,1,11H2,2H3,(H,19,20,21);/q;+1/p-1. The molecule has 0 bridgehead atoms. The van der Waals surface area contributed by atoms with Crippen LogP contribution in [-0.4, -0.2) is 13.0 Å². The second-order valence-electron chi connectivity index (χ2n) is 5.51. The first-order valence-electron chi connectivity index (χ1n) is 6.91. The summed E-state index contributed by atoms with van der Waals surface area (Å²) in [6.07, 6.45) is 0.368. The van der Waals surface area contributed by atoms with Crippen molar-refractivity contribution >= 4 is 31.7 Å². The summed E-state index contributed by atoms with van der Waals surface area (Å²) in [6, 6.07) is 14.8. The van der Waals surface area contributed by atoms with E-state index in [-0.39, 0.29) is 23.8 Å². The quantitative estimate of drug-likeness (QED) is 0.314. The average molecular weight is 318 g/mol. The van der Waals surface area contributed by atoms with Crippen molar-refractivity contribution in [3.05, 3.63) is 66.2 Å². The fourth-order valence-electron chi connectivity index (χ4n) is 2.85. The summed E-state index contributed by atoms with van der Waals surface area (Å²) in [5.74, 6) is 0. The fourth-order valence-corrected chi connectivity index (χ4v) is 3.57. The minimum Gasteiger partial charge on any atom is -0.744 e. The number of allylic oxidation sites excluding steroid dienone is 1. The first-order chi connectivity index (χ1) is 10.4. The maximum absolute atomic E-state index is 11.6. The molecule has 0 unspecified atom stereocenters. The van der Waals surface area contributed by atoms with Crippen LogP contribution in [0.4, 0.5) is 0 Å². The summed E-state index contributed by atoms with van der Waals surface area (Å²) in [5.41, 5.74) is 1.34. The van der Waals surface area contributed by atoms with Gasteiger partial charge >= 0.3 is 18.9 Å². The van der Waals surface area contributed by atoms with E-state index in [1.807, 2.05) is 43.3 Å². The predicted molar refractivity (Wildman–Crippen MR) is 87.9 cm³/mol. The summed E-state index contributed by atoms with van der Waals surface area (Å²) in [6.45, 7) is 5.67. The number of hydrogen-bond donors (Lipinski definition) is 0. The van der Waals surface area contributed by atoms with Crippen molar-refractivity contribution in [2.75, 3.05) is 0 Å². The van der Waals surface area contributed by atoms with Gasteiger partial charge in [-0.15, -0.1) is 0 Å². The van der Waals surface area contributed by atoms with E-state index in [0.717, 1.165) is 27.1 Å². The third-order valence-electron chi connectivity index (χ3n) is 3.74. The van der Waals surface area contributed by atoms with Gasteiger partial charge < -0.3 is 4.55 Å². The molecule has 0 aromatic heterocycles. The molecule has 0 fully saturated rings. The van der Waals surface area contributed by atoms with Crippen molar-refractivity contribution in [3.8, 4) is 0 Å². The molecule has 3 aromatic rings. The van der Waals surface area contributed by atoms with Crippen molar-refractivity contribution < 1.29 is 31.8 Å². The molecule has 0 saturated carbocycles. The molecule has 0 saturated heterocycles. The van der Waals surface area contributed by atoms with E-state index in [1.54, 1.807) is 6.07 Å². The van der Waals surface area contributed by atoms with Gasteiger partial charge in [-0.1, -0.05) is 54.6 Å². The van der Waals surface area contributed by atoms with Crippen LogP contribution in [0.3, 0.4) is 0 Å². The van der Waals surface area contributed by atoms with Crippen LogP contribution >= 0.6 is 0 Å². The molecule has 5 heteroatoms. The molecule has 112 valence electrons. The number of benzene rings is 3. The van der Waals surface area contributed by atoms with Crippen LogP contribution in [-0.2, 0) is 16.5 Å². The van der Waals surface area contributed by atoms with Gasteiger partial charge in [0.15, 0.2) is 0 Å². The molecule has 0 aliphatic heterocycles. The minimum atomic E-state index is -4.51. The number of hydrogen-bond acceptors (Lipinski definition) is 3. The van der Waals surface area contributed by atoms with Gasteiger partial charge in [0.05, 0.1) is 4.90 Å². The molecule has 0 spiro atoms. The zero-order valence-electron chi connectivity index (χ0n) is 13.2. The molecule has 0 atom stereocenters. The van der Waals surface area contributed by atoms with Crippen molar-refractivity contribution in [1.82, 2.24) is 0 Å². The Balaban J connectivity index is 0.00000192. The smallest absolute Gasteiger partial charge is 0.744 e. The summed E-state index contributed by atoms with van der Waals surface area (Å²) in [7, 11) is -4.51. The van der Waals surface area contributed by atoms with E-state index in [1.165, 1.54) is 6.07 Å².